The monoisotopic (exact) mass is 752 g/mol. The first-order valence-corrected chi connectivity index (χ1v) is 18.3. The first-order valence-electron chi connectivity index (χ1n) is 18.3. The quantitative estimate of drug-likeness (QED) is 0.121. The van der Waals surface area contributed by atoms with Crippen LogP contribution in [-0.2, 0) is 19.1 Å². The SMILES string of the molecule is C=CC[C@H](NC(=O)OC)C(=O)N1CCC[C@H]1c1ncc(-c2ccc(C#Cc3ccc4nc([C@@H]5CCCN5C(=O)C(NC(=O)OC)C(C)C)[nH]c4c3)cc2F)[nH]1. The summed E-state index contributed by atoms with van der Waals surface area (Å²) in [5.41, 5.74) is 3.42. The van der Waals surface area contributed by atoms with E-state index in [1.807, 2.05) is 32.0 Å². The summed E-state index contributed by atoms with van der Waals surface area (Å²) >= 11 is 0. The van der Waals surface area contributed by atoms with Crippen LogP contribution in [0.25, 0.3) is 22.3 Å². The highest BCUT2D eigenvalue weighted by molar-refractivity contribution is 5.87. The lowest BCUT2D eigenvalue weighted by atomic mass is 10.0. The van der Waals surface area contributed by atoms with Crippen molar-refractivity contribution in [2.45, 2.75) is 70.1 Å². The van der Waals surface area contributed by atoms with Gasteiger partial charge in [-0.3, -0.25) is 9.59 Å². The van der Waals surface area contributed by atoms with Gasteiger partial charge < -0.3 is 39.9 Å². The van der Waals surface area contributed by atoms with Crippen LogP contribution in [0.3, 0.4) is 0 Å². The van der Waals surface area contributed by atoms with Crippen molar-refractivity contribution in [2.24, 2.45) is 5.92 Å². The molecule has 55 heavy (non-hydrogen) atoms. The minimum absolute atomic E-state index is 0.139. The average molecular weight is 753 g/mol. The van der Waals surface area contributed by atoms with Gasteiger partial charge in [0.05, 0.1) is 49.2 Å². The zero-order chi connectivity index (χ0) is 39.2. The number of ether oxygens (including phenoxy) is 2. The highest BCUT2D eigenvalue weighted by Gasteiger charge is 2.38. The van der Waals surface area contributed by atoms with Gasteiger partial charge in [-0.25, -0.2) is 23.9 Å². The van der Waals surface area contributed by atoms with Crippen LogP contribution in [0, 0.1) is 23.6 Å². The number of halogens is 1. The van der Waals surface area contributed by atoms with Crippen molar-refractivity contribution in [1.82, 2.24) is 40.4 Å². The van der Waals surface area contributed by atoms with Crippen LogP contribution in [0.5, 0.6) is 0 Å². The maximum absolute atomic E-state index is 15.5. The van der Waals surface area contributed by atoms with Crippen LogP contribution in [0.4, 0.5) is 14.0 Å². The van der Waals surface area contributed by atoms with Crippen molar-refractivity contribution in [3.8, 4) is 23.1 Å². The van der Waals surface area contributed by atoms with Gasteiger partial charge in [0.2, 0.25) is 11.8 Å². The van der Waals surface area contributed by atoms with Gasteiger partial charge in [-0.1, -0.05) is 31.8 Å². The lowest BCUT2D eigenvalue weighted by molar-refractivity contribution is -0.135. The maximum atomic E-state index is 15.5. The molecular formula is C40H45FN8O6. The first-order chi connectivity index (χ1) is 26.5. The van der Waals surface area contributed by atoms with Crippen LogP contribution in [0.1, 0.15) is 80.8 Å². The Balaban J connectivity index is 1.14. The van der Waals surface area contributed by atoms with Gasteiger partial charge in [-0.15, -0.1) is 6.58 Å². The Kier molecular flexibility index (Phi) is 11.8. The second-order valence-corrected chi connectivity index (χ2v) is 13.9. The van der Waals surface area contributed by atoms with E-state index in [4.69, 9.17) is 9.72 Å². The largest absolute Gasteiger partial charge is 0.453 e. The predicted octanol–water partition coefficient (Wildman–Crippen LogP) is 5.50. The Morgan fingerprint density at radius 1 is 0.927 bits per heavy atom. The molecule has 14 nitrogen and oxygen atoms in total. The molecule has 288 valence electrons. The fourth-order valence-corrected chi connectivity index (χ4v) is 7.16. The number of hydrogen-bond donors (Lipinski definition) is 4. The number of nitrogens with one attached hydrogen (secondary N) is 4. The van der Waals surface area contributed by atoms with E-state index in [2.05, 4.69) is 48.7 Å². The molecule has 6 rings (SSSR count). The zero-order valence-corrected chi connectivity index (χ0v) is 31.3. The van der Waals surface area contributed by atoms with E-state index in [0.29, 0.717) is 53.5 Å². The van der Waals surface area contributed by atoms with Gasteiger partial charge in [-0.05, 0) is 74.4 Å². The Hall–Kier alpha value is -6.17. The molecule has 2 aromatic carbocycles. The van der Waals surface area contributed by atoms with Crippen molar-refractivity contribution in [2.75, 3.05) is 27.3 Å². The molecule has 4 heterocycles. The van der Waals surface area contributed by atoms with Crippen molar-refractivity contribution in [3.05, 3.63) is 83.8 Å². The van der Waals surface area contributed by atoms with Crippen molar-refractivity contribution >= 4 is 35.0 Å². The summed E-state index contributed by atoms with van der Waals surface area (Å²) < 4.78 is 24.9. The van der Waals surface area contributed by atoms with E-state index < -0.39 is 30.1 Å². The molecule has 0 radical (unpaired) electrons. The Morgan fingerprint density at radius 2 is 1.56 bits per heavy atom. The molecule has 4 aromatic rings. The number of aromatic nitrogens is 4. The lowest BCUT2D eigenvalue weighted by Gasteiger charge is -2.29. The number of rotatable bonds is 10. The number of carbonyl (C=O) groups excluding carboxylic acids is 4. The molecule has 0 saturated carbocycles. The van der Waals surface area contributed by atoms with Crippen LogP contribution in [0.15, 0.2) is 55.3 Å². The van der Waals surface area contributed by atoms with Gasteiger partial charge >= 0.3 is 12.2 Å². The fraction of sp³-hybridized carbons (Fsp3) is 0.400. The molecule has 4 amide bonds. The number of hydrogen-bond acceptors (Lipinski definition) is 8. The number of imidazole rings is 2. The summed E-state index contributed by atoms with van der Waals surface area (Å²) in [5, 5.41) is 5.24. The van der Waals surface area contributed by atoms with Crippen molar-refractivity contribution < 1.29 is 33.0 Å². The number of carbonyl (C=O) groups is 4. The molecule has 2 aliphatic heterocycles. The minimum atomic E-state index is -0.827. The van der Waals surface area contributed by atoms with E-state index in [1.165, 1.54) is 20.3 Å². The highest BCUT2D eigenvalue weighted by atomic mass is 19.1. The van der Waals surface area contributed by atoms with Gasteiger partial charge in [0.25, 0.3) is 0 Å². The summed E-state index contributed by atoms with van der Waals surface area (Å²) in [6.45, 7) is 8.48. The Labute approximate surface area is 318 Å². The van der Waals surface area contributed by atoms with E-state index in [-0.39, 0.29) is 36.2 Å². The van der Waals surface area contributed by atoms with E-state index >= 15 is 4.39 Å². The van der Waals surface area contributed by atoms with Gasteiger partial charge in [-0.2, -0.15) is 0 Å². The van der Waals surface area contributed by atoms with E-state index in [0.717, 1.165) is 30.3 Å². The van der Waals surface area contributed by atoms with Crippen LogP contribution < -0.4 is 10.6 Å². The summed E-state index contributed by atoms with van der Waals surface area (Å²) in [4.78, 5) is 70.0. The standard InChI is InChI=1S/C40H45FN8O6/c1-6-9-29(46-39(52)54-4)37(50)48-18-7-10-32(48)35-42-22-31(45-35)26-16-14-24(20-27(26)41)12-13-25-15-17-28-30(21-25)44-36(43-28)33-11-8-19-49(33)38(51)34(23(2)3)47-40(53)55-5/h6,14-17,20-23,29,32-34H,1,7-11,18-19H2,2-5H3,(H,42,45)(H,43,44)(H,46,52)(H,47,53)/t29-,32-,33-,34?/m0/s1. The molecule has 0 spiro atoms. The number of aromatic amines is 2. The number of methoxy groups -OCH3 is 2. The minimum Gasteiger partial charge on any atom is -0.453 e. The topological polar surface area (TPSA) is 175 Å². The number of likely N-dealkylation sites (tertiary alicyclic amines) is 2. The molecule has 4 atom stereocenters. The summed E-state index contributed by atoms with van der Waals surface area (Å²) in [5.74, 6) is 6.25. The maximum Gasteiger partial charge on any atom is 0.407 e. The van der Waals surface area contributed by atoms with Crippen molar-refractivity contribution in [3.63, 3.8) is 0 Å². The fourth-order valence-electron chi connectivity index (χ4n) is 7.16. The molecule has 0 bridgehead atoms. The number of nitrogens with zero attached hydrogens (tertiary/aromatic N) is 4. The molecule has 0 aliphatic carbocycles. The average Bonchev–Trinajstić information content (AvgIpc) is 4.01. The molecule has 2 fully saturated rings. The van der Waals surface area contributed by atoms with Gasteiger partial charge in [0, 0.05) is 29.8 Å². The summed E-state index contributed by atoms with van der Waals surface area (Å²) in [7, 11) is 2.50. The third kappa shape index (κ3) is 8.48. The predicted molar refractivity (Wildman–Crippen MR) is 202 cm³/mol. The Bertz CT molecular complexity index is 2150. The van der Waals surface area contributed by atoms with Gasteiger partial charge in [0.15, 0.2) is 0 Å². The smallest absolute Gasteiger partial charge is 0.407 e. The Morgan fingerprint density at radius 3 is 2.22 bits per heavy atom. The molecule has 4 N–H and O–H groups in total. The van der Waals surface area contributed by atoms with E-state index in [9.17, 15) is 19.2 Å². The molecular weight excluding hydrogens is 707 g/mol. The number of fused-ring (bicyclic) bond motifs is 1. The van der Waals surface area contributed by atoms with Crippen LogP contribution in [0.2, 0.25) is 0 Å². The van der Waals surface area contributed by atoms with Crippen molar-refractivity contribution in [1.29, 1.82) is 0 Å². The van der Waals surface area contributed by atoms with Crippen LogP contribution >= 0.6 is 0 Å². The number of alkyl carbamates (subject to hydrolysis) is 2. The molecule has 2 aliphatic rings. The second kappa shape index (κ2) is 16.9. The number of H-pyrrole nitrogens is 2. The van der Waals surface area contributed by atoms with Crippen LogP contribution in [-0.4, -0.2) is 93.1 Å². The third-order valence-electron chi connectivity index (χ3n) is 9.98. The summed E-state index contributed by atoms with van der Waals surface area (Å²) in [6, 6.07) is 8.10. The molecule has 2 saturated heterocycles. The number of benzene rings is 2. The third-order valence-corrected chi connectivity index (χ3v) is 9.98. The molecule has 15 heteroatoms. The summed E-state index contributed by atoms with van der Waals surface area (Å²) in [6.07, 6.45) is 4.93. The molecule has 1 unspecified atom stereocenters. The zero-order valence-electron chi connectivity index (χ0n) is 31.3. The highest BCUT2D eigenvalue weighted by Crippen LogP contribution is 2.34. The normalized spacial score (nSPS) is 17.7. The molecule has 2 aromatic heterocycles. The first kappa shape index (κ1) is 38.6. The number of amides is 4. The van der Waals surface area contributed by atoms with Gasteiger partial charge in [0.1, 0.15) is 29.5 Å². The van der Waals surface area contributed by atoms with E-state index in [1.54, 1.807) is 34.2 Å². The lowest BCUT2D eigenvalue weighted by Crippen LogP contribution is -2.51. The second-order valence-electron chi connectivity index (χ2n) is 13.9.